The molecule has 1 aliphatic rings. The maximum atomic E-state index is 12.3. The fourth-order valence-corrected chi connectivity index (χ4v) is 1.57. The molecule has 1 saturated heterocycles. The topological polar surface area (TPSA) is 23.3 Å². The van der Waals surface area contributed by atoms with E-state index < -0.39 is 11.7 Å². The maximum absolute atomic E-state index is 12.3. The van der Waals surface area contributed by atoms with E-state index in [2.05, 4.69) is 5.32 Å². The molecule has 87 valence electrons. The molecule has 1 aromatic rings. The van der Waals surface area contributed by atoms with Gasteiger partial charge in [0, 0.05) is 6.54 Å². The summed E-state index contributed by atoms with van der Waals surface area (Å²) in [5, 5.41) is 4.11. The Balaban J connectivity index is 2.01. The highest BCUT2D eigenvalue weighted by atomic mass is 19.4. The number of rotatable bonds is 2. The molecule has 0 saturated carbocycles. The molecular formula is C11H11F3NO. The summed E-state index contributed by atoms with van der Waals surface area (Å²) >= 11 is 0. The highest BCUT2D eigenvalue weighted by Crippen LogP contribution is 2.30. The van der Waals surface area contributed by atoms with Gasteiger partial charge >= 0.3 is 6.18 Å². The molecule has 5 heteroatoms. The van der Waals surface area contributed by atoms with Crippen molar-refractivity contribution in [3.63, 3.8) is 0 Å². The number of hydrogen-bond acceptors (Lipinski definition) is 1. The van der Waals surface area contributed by atoms with Crippen molar-refractivity contribution in [1.82, 2.24) is 5.32 Å². The standard InChI is InChI=1S/C11H11F3NO/c12-11(13,14)8-1-3-9(4-2-8)16-10-5-6-15-7-10/h1-4,10H,5-7H2. The average molecular weight is 230 g/mol. The van der Waals surface area contributed by atoms with Gasteiger partial charge in [0.2, 0.25) is 0 Å². The lowest BCUT2D eigenvalue weighted by atomic mass is 10.2. The van der Waals surface area contributed by atoms with E-state index in [0.717, 1.165) is 25.1 Å². The van der Waals surface area contributed by atoms with E-state index in [1.54, 1.807) is 0 Å². The first-order chi connectivity index (χ1) is 7.55. The highest BCUT2D eigenvalue weighted by Gasteiger charge is 2.30. The molecule has 1 fully saturated rings. The van der Waals surface area contributed by atoms with Crippen LogP contribution in [0.4, 0.5) is 13.2 Å². The van der Waals surface area contributed by atoms with Crippen LogP contribution in [0.15, 0.2) is 24.3 Å². The molecule has 1 heterocycles. The average Bonchev–Trinajstić information content (AvgIpc) is 2.70. The number of ether oxygens (including phenoxy) is 1. The molecule has 2 nitrogen and oxygen atoms in total. The molecule has 0 amide bonds. The Hall–Kier alpha value is -1.23. The summed E-state index contributed by atoms with van der Waals surface area (Å²) in [6.07, 6.45) is -3.45. The number of halogens is 3. The fraction of sp³-hybridized carbons (Fsp3) is 0.455. The van der Waals surface area contributed by atoms with Crippen LogP contribution in [-0.4, -0.2) is 19.2 Å². The molecule has 0 bridgehead atoms. The van der Waals surface area contributed by atoms with Crippen LogP contribution in [0.3, 0.4) is 0 Å². The molecule has 1 radical (unpaired) electrons. The zero-order chi connectivity index (χ0) is 11.6. The molecule has 0 aliphatic carbocycles. The van der Waals surface area contributed by atoms with Gasteiger partial charge in [-0.2, -0.15) is 13.2 Å². The monoisotopic (exact) mass is 230 g/mol. The molecular weight excluding hydrogens is 219 g/mol. The van der Waals surface area contributed by atoms with Crippen LogP contribution in [0.25, 0.3) is 0 Å². The van der Waals surface area contributed by atoms with E-state index in [0.29, 0.717) is 12.3 Å². The number of alkyl halides is 3. The van der Waals surface area contributed by atoms with Crippen molar-refractivity contribution < 1.29 is 17.9 Å². The van der Waals surface area contributed by atoms with Crippen molar-refractivity contribution >= 4 is 0 Å². The zero-order valence-electron chi connectivity index (χ0n) is 8.50. The van der Waals surface area contributed by atoms with Crippen molar-refractivity contribution in [1.29, 1.82) is 0 Å². The normalized spacial score (nSPS) is 21.1. The summed E-state index contributed by atoms with van der Waals surface area (Å²) in [5.74, 6) is 0.468. The van der Waals surface area contributed by atoms with Gasteiger partial charge in [-0.3, -0.25) is 0 Å². The minimum absolute atomic E-state index is 0.0109. The van der Waals surface area contributed by atoms with Crippen molar-refractivity contribution in [3.05, 3.63) is 29.8 Å². The summed E-state index contributed by atoms with van der Waals surface area (Å²) in [6, 6.07) is 4.76. The molecule has 0 spiro atoms. The third-order valence-electron chi connectivity index (χ3n) is 2.43. The van der Waals surface area contributed by atoms with Gasteiger partial charge in [0.15, 0.2) is 0 Å². The molecule has 1 unspecified atom stereocenters. The van der Waals surface area contributed by atoms with E-state index in [9.17, 15) is 13.2 Å². The summed E-state index contributed by atoms with van der Waals surface area (Å²) in [4.78, 5) is 0. The van der Waals surface area contributed by atoms with Gasteiger partial charge in [0.25, 0.3) is 0 Å². The van der Waals surface area contributed by atoms with Gasteiger partial charge < -0.3 is 4.74 Å². The lowest BCUT2D eigenvalue weighted by Gasteiger charge is -2.13. The van der Waals surface area contributed by atoms with Crippen molar-refractivity contribution in [2.75, 3.05) is 13.1 Å². The summed E-state index contributed by atoms with van der Waals surface area (Å²) in [6.45, 7) is 1.40. The Bertz CT molecular complexity index is 341. The van der Waals surface area contributed by atoms with Crippen LogP contribution in [-0.2, 0) is 6.18 Å². The van der Waals surface area contributed by atoms with Gasteiger partial charge in [0.05, 0.1) is 12.1 Å². The molecule has 1 atom stereocenters. The molecule has 1 aromatic carbocycles. The van der Waals surface area contributed by atoms with E-state index in [4.69, 9.17) is 4.74 Å². The van der Waals surface area contributed by atoms with Crippen LogP contribution in [0.1, 0.15) is 12.0 Å². The molecule has 2 rings (SSSR count). The fourth-order valence-electron chi connectivity index (χ4n) is 1.57. The molecule has 0 N–H and O–H groups in total. The van der Waals surface area contributed by atoms with E-state index >= 15 is 0 Å². The van der Waals surface area contributed by atoms with Gasteiger partial charge in [-0.1, -0.05) is 0 Å². The van der Waals surface area contributed by atoms with E-state index in [1.165, 1.54) is 12.1 Å². The maximum Gasteiger partial charge on any atom is 0.416 e. The van der Waals surface area contributed by atoms with Crippen molar-refractivity contribution in [3.8, 4) is 5.75 Å². The van der Waals surface area contributed by atoms with Crippen LogP contribution < -0.4 is 10.1 Å². The Morgan fingerprint density at radius 2 is 1.88 bits per heavy atom. The summed E-state index contributed by atoms with van der Waals surface area (Å²) in [7, 11) is 0. The second-order valence-corrected chi connectivity index (χ2v) is 3.68. The van der Waals surface area contributed by atoms with Crippen LogP contribution in [0.5, 0.6) is 5.75 Å². The first-order valence-corrected chi connectivity index (χ1v) is 5.03. The predicted molar refractivity (Wildman–Crippen MR) is 52.3 cm³/mol. The Labute approximate surface area is 91.4 Å². The lowest BCUT2D eigenvalue weighted by molar-refractivity contribution is -0.137. The Morgan fingerprint density at radius 3 is 2.38 bits per heavy atom. The summed E-state index contributed by atoms with van der Waals surface area (Å²) < 4.78 is 42.3. The van der Waals surface area contributed by atoms with Crippen LogP contribution >= 0.6 is 0 Å². The summed E-state index contributed by atoms with van der Waals surface area (Å²) in [5.41, 5.74) is -0.657. The van der Waals surface area contributed by atoms with Gasteiger partial charge in [-0.15, -0.1) is 0 Å². The van der Waals surface area contributed by atoms with Crippen LogP contribution in [0, 0.1) is 0 Å². The second kappa shape index (κ2) is 4.33. The third-order valence-corrected chi connectivity index (χ3v) is 2.43. The minimum Gasteiger partial charge on any atom is -0.489 e. The Morgan fingerprint density at radius 1 is 1.19 bits per heavy atom. The molecule has 16 heavy (non-hydrogen) atoms. The van der Waals surface area contributed by atoms with Gasteiger partial charge in [-0.25, -0.2) is 5.32 Å². The third kappa shape index (κ3) is 2.66. The quantitative estimate of drug-likeness (QED) is 0.765. The highest BCUT2D eigenvalue weighted by molar-refractivity contribution is 5.29. The second-order valence-electron chi connectivity index (χ2n) is 3.68. The smallest absolute Gasteiger partial charge is 0.416 e. The SMILES string of the molecule is FC(F)(F)c1ccc(OC2CC[N]C2)cc1. The largest absolute Gasteiger partial charge is 0.489 e. The van der Waals surface area contributed by atoms with E-state index in [-0.39, 0.29) is 6.10 Å². The van der Waals surface area contributed by atoms with Crippen molar-refractivity contribution in [2.45, 2.75) is 18.7 Å². The lowest BCUT2D eigenvalue weighted by Crippen LogP contribution is -2.17. The van der Waals surface area contributed by atoms with Crippen molar-refractivity contribution in [2.24, 2.45) is 0 Å². The minimum atomic E-state index is -4.29. The zero-order valence-corrected chi connectivity index (χ0v) is 8.50. The first-order valence-electron chi connectivity index (χ1n) is 5.03. The van der Waals surface area contributed by atoms with Crippen LogP contribution in [0.2, 0.25) is 0 Å². The number of hydrogen-bond donors (Lipinski definition) is 0. The Kier molecular flexibility index (Phi) is 3.05. The van der Waals surface area contributed by atoms with Gasteiger partial charge in [0.1, 0.15) is 11.9 Å². The first kappa shape index (κ1) is 11.3. The molecule has 1 aliphatic heterocycles. The number of nitrogens with zero attached hydrogens (tertiary/aromatic N) is 1. The molecule has 0 aromatic heterocycles. The predicted octanol–water partition coefficient (Wildman–Crippen LogP) is 2.46. The number of benzene rings is 1. The van der Waals surface area contributed by atoms with Gasteiger partial charge in [-0.05, 0) is 30.7 Å². The van der Waals surface area contributed by atoms with E-state index in [1.807, 2.05) is 0 Å².